The van der Waals surface area contributed by atoms with Gasteiger partial charge in [0.2, 0.25) is 0 Å². The number of nitrogens with two attached hydrogens (primary N) is 2. The lowest BCUT2D eigenvalue weighted by Crippen LogP contribution is -2.15. The zero-order valence-electron chi connectivity index (χ0n) is 9.31. The third-order valence-corrected chi connectivity index (χ3v) is 2.64. The molecule has 2 aromatic rings. The van der Waals surface area contributed by atoms with Crippen molar-refractivity contribution in [2.45, 2.75) is 12.5 Å². The Morgan fingerprint density at radius 3 is 2.53 bits per heavy atom. The quantitative estimate of drug-likeness (QED) is 0.849. The molecule has 4 N–H and O–H groups in total. The van der Waals surface area contributed by atoms with E-state index in [1.165, 1.54) is 12.1 Å². The van der Waals surface area contributed by atoms with Crippen LogP contribution in [0, 0.1) is 5.82 Å². The fourth-order valence-electron chi connectivity index (χ4n) is 1.73. The summed E-state index contributed by atoms with van der Waals surface area (Å²) in [6.45, 7) is 0. The molecular formula is C13H14FN3. The van der Waals surface area contributed by atoms with Crippen LogP contribution < -0.4 is 11.5 Å². The molecule has 0 amide bonds. The second kappa shape index (κ2) is 4.93. The van der Waals surface area contributed by atoms with E-state index in [-0.39, 0.29) is 11.9 Å². The Bertz CT molecular complexity index is 496. The summed E-state index contributed by atoms with van der Waals surface area (Å²) in [5, 5.41) is 0. The van der Waals surface area contributed by atoms with E-state index in [2.05, 4.69) is 4.98 Å². The molecule has 17 heavy (non-hydrogen) atoms. The molecule has 0 radical (unpaired) electrons. The first-order chi connectivity index (χ1) is 8.16. The highest BCUT2D eigenvalue weighted by Crippen LogP contribution is 2.19. The van der Waals surface area contributed by atoms with E-state index in [0.717, 1.165) is 11.1 Å². The number of hydrogen-bond donors (Lipinski definition) is 2. The van der Waals surface area contributed by atoms with Crippen LogP contribution in [0.4, 0.5) is 10.2 Å². The first kappa shape index (κ1) is 11.5. The smallest absolute Gasteiger partial charge is 0.128 e. The third-order valence-electron chi connectivity index (χ3n) is 2.64. The first-order valence-electron chi connectivity index (χ1n) is 5.37. The molecule has 1 atom stereocenters. The van der Waals surface area contributed by atoms with E-state index in [0.29, 0.717) is 12.2 Å². The van der Waals surface area contributed by atoms with Gasteiger partial charge in [0.05, 0.1) is 0 Å². The second-order valence-electron chi connectivity index (χ2n) is 3.91. The summed E-state index contributed by atoms with van der Waals surface area (Å²) in [7, 11) is 0. The van der Waals surface area contributed by atoms with Gasteiger partial charge in [0.25, 0.3) is 0 Å². The Kier molecular flexibility index (Phi) is 3.35. The molecule has 0 fully saturated rings. The van der Waals surface area contributed by atoms with Crippen molar-refractivity contribution in [2.24, 2.45) is 5.73 Å². The number of nitrogen functional groups attached to an aromatic ring is 1. The number of nitrogens with zero attached hydrogens (tertiary/aromatic N) is 1. The predicted molar refractivity (Wildman–Crippen MR) is 65.7 cm³/mol. The second-order valence-corrected chi connectivity index (χ2v) is 3.91. The van der Waals surface area contributed by atoms with Crippen LogP contribution in [0.1, 0.15) is 17.2 Å². The van der Waals surface area contributed by atoms with Crippen molar-refractivity contribution >= 4 is 5.82 Å². The summed E-state index contributed by atoms with van der Waals surface area (Å²) in [4.78, 5) is 3.99. The number of hydrogen-bond acceptors (Lipinski definition) is 3. The zero-order chi connectivity index (χ0) is 12.3. The van der Waals surface area contributed by atoms with Crippen LogP contribution in [0.15, 0.2) is 42.6 Å². The molecular weight excluding hydrogens is 217 g/mol. The lowest BCUT2D eigenvalue weighted by atomic mass is 10.0. The van der Waals surface area contributed by atoms with Crippen molar-refractivity contribution in [1.29, 1.82) is 0 Å². The Balaban J connectivity index is 2.14. The van der Waals surface area contributed by atoms with Crippen LogP contribution in [-0.4, -0.2) is 4.98 Å². The standard InChI is InChI=1S/C13H14FN3/c14-10-5-3-9(4-6-10)8-12(15)11-2-1-7-17-13(11)16/h1-7,12H,8,15H2,(H2,16,17). The third kappa shape index (κ3) is 2.79. The molecule has 0 saturated heterocycles. The number of anilines is 1. The molecule has 1 aromatic carbocycles. The SMILES string of the molecule is Nc1ncccc1C(N)Cc1ccc(F)cc1. The molecule has 0 aliphatic carbocycles. The molecule has 4 heteroatoms. The van der Waals surface area contributed by atoms with Gasteiger partial charge in [0.15, 0.2) is 0 Å². The van der Waals surface area contributed by atoms with Gasteiger partial charge >= 0.3 is 0 Å². The molecule has 3 nitrogen and oxygen atoms in total. The highest BCUT2D eigenvalue weighted by atomic mass is 19.1. The van der Waals surface area contributed by atoms with E-state index in [9.17, 15) is 4.39 Å². The average molecular weight is 231 g/mol. The molecule has 0 saturated carbocycles. The lowest BCUT2D eigenvalue weighted by Gasteiger charge is -2.13. The first-order valence-corrected chi connectivity index (χ1v) is 5.37. The maximum Gasteiger partial charge on any atom is 0.128 e. The molecule has 0 spiro atoms. The average Bonchev–Trinajstić information content (AvgIpc) is 2.32. The van der Waals surface area contributed by atoms with Gasteiger partial charge in [-0.15, -0.1) is 0 Å². The normalized spacial score (nSPS) is 12.4. The molecule has 1 aromatic heterocycles. The monoisotopic (exact) mass is 231 g/mol. The van der Waals surface area contributed by atoms with Gasteiger partial charge < -0.3 is 11.5 Å². The van der Waals surface area contributed by atoms with E-state index in [4.69, 9.17) is 11.5 Å². The largest absolute Gasteiger partial charge is 0.383 e. The minimum atomic E-state index is -0.247. The zero-order valence-corrected chi connectivity index (χ0v) is 9.31. The Hall–Kier alpha value is -1.94. The minimum Gasteiger partial charge on any atom is -0.383 e. The topological polar surface area (TPSA) is 64.9 Å². The molecule has 1 heterocycles. The summed E-state index contributed by atoms with van der Waals surface area (Å²) in [6.07, 6.45) is 2.24. The van der Waals surface area contributed by atoms with Crippen molar-refractivity contribution in [3.8, 4) is 0 Å². The van der Waals surface area contributed by atoms with Crippen LogP contribution in [0.2, 0.25) is 0 Å². The van der Waals surface area contributed by atoms with Crippen LogP contribution >= 0.6 is 0 Å². The van der Waals surface area contributed by atoms with Crippen LogP contribution in [0.5, 0.6) is 0 Å². The van der Waals surface area contributed by atoms with Gasteiger partial charge in [-0.05, 0) is 30.2 Å². The minimum absolute atomic E-state index is 0.228. The Labute approximate surface area is 99.3 Å². The number of halogens is 1. The number of rotatable bonds is 3. The molecule has 2 rings (SSSR count). The maximum absolute atomic E-state index is 12.7. The van der Waals surface area contributed by atoms with Crippen molar-refractivity contribution in [2.75, 3.05) is 5.73 Å². The highest BCUT2D eigenvalue weighted by molar-refractivity contribution is 5.41. The number of pyridine rings is 1. The lowest BCUT2D eigenvalue weighted by molar-refractivity contribution is 0.625. The van der Waals surface area contributed by atoms with Crippen LogP contribution in [-0.2, 0) is 6.42 Å². The molecule has 1 unspecified atom stereocenters. The predicted octanol–water partition coefficient (Wildman–Crippen LogP) is 2.05. The highest BCUT2D eigenvalue weighted by Gasteiger charge is 2.10. The van der Waals surface area contributed by atoms with Gasteiger partial charge in [0.1, 0.15) is 11.6 Å². The van der Waals surface area contributed by atoms with Gasteiger partial charge in [-0.25, -0.2) is 9.37 Å². The molecule has 88 valence electrons. The summed E-state index contributed by atoms with van der Waals surface area (Å²) in [6, 6.07) is 9.73. The fourth-order valence-corrected chi connectivity index (χ4v) is 1.73. The Morgan fingerprint density at radius 1 is 1.18 bits per heavy atom. The van der Waals surface area contributed by atoms with Gasteiger partial charge in [-0.2, -0.15) is 0 Å². The van der Waals surface area contributed by atoms with Crippen LogP contribution in [0.3, 0.4) is 0 Å². The number of benzene rings is 1. The van der Waals surface area contributed by atoms with Gasteiger partial charge in [0, 0.05) is 17.8 Å². The summed E-state index contributed by atoms with van der Waals surface area (Å²) < 4.78 is 12.7. The van der Waals surface area contributed by atoms with E-state index in [1.807, 2.05) is 6.07 Å². The van der Waals surface area contributed by atoms with E-state index < -0.39 is 0 Å². The van der Waals surface area contributed by atoms with E-state index in [1.54, 1.807) is 24.4 Å². The van der Waals surface area contributed by atoms with E-state index >= 15 is 0 Å². The summed E-state index contributed by atoms with van der Waals surface area (Å²) in [5.74, 6) is 0.199. The van der Waals surface area contributed by atoms with Gasteiger partial charge in [-0.3, -0.25) is 0 Å². The van der Waals surface area contributed by atoms with Crippen LogP contribution in [0.25, 0.3) is 0 Å². The number of aromatic nitrogens is 1. The molecule has 0 aliphatic heterocycles. The molecule has 0 aliphatic rings. The summed E-state index contributed by atoms with van der Waals surface area (Å²) in [5.41, 5.74) is 13.6. The van der Waals surface area contributed by atoms with Crippen molar-refractivity contribution < 1.29 is 4.39 Å². The maximum atomic E-state index is 12.7. The summed E-state index contributed by atoms with van der Waals surface area (Å²) >= 11 is 0. The van der Waals surface area contributed by atoms with Crippen molar-refractivity contribution in [3.05, 3.63) is 59.5 Å². The van der Waals surface area contributed by atoms with Crippen molar-refractivity contribution in [1.82, 2.24) is 4.98 Å². The van der Waals surface area contributed by atoms with Gasteiger partial charge in [-0.1, -0.05) is 18.2 Å². The fraction of sp³-hybridized carbons (Fsp3) is 0.154. The Morgan fingerprint density at radius 2 is 1.88 bits per heavy atom. The molecule has 0 bridgehead atoms. The van der Waals surface area contributed by atoms with Crippen molar-refractivity contribution in [3.63, 3.8) is 0 Å².